The molecule has 4 aliphatic heterocycles. The van der Waals surface area contributed by atoms with Crippen LogP contribution in [-0.2, 0) is 13.1 Å². The van der Waals surface area contributed by atoms with Gasteiger partial charge in [0.25, 0.3) is 0 Å². The van der Waals surface area contributed by atoms with Gasteiger partial charge in [-0.15, -0.1) is 0 Å². The highest BCUT2D eigenvalue weighted by atomic mass is 16.5. The molecule has 360 valence electrons. The molecule has 2 aromatic heterocycles. The number of benzene rings is 4. The lowest BCUT2D eigenvalue weighted by atomic mass is 10.1. The number of hydrogen-bond acceptors (Lipinski definition) is 10. The van der Waals surface area contributed by atoms with E-state index < -0.39 is 0 Å². The number of pyridine rings is 2. The van der Waals surface area contributed by atoms with Crippen LogP contribution in [0.3, 0.4) is 0 Å². The summed E-state index contributed by atoms with van der Waals surface area (Å²) < 4.78 is 12.0. The number of likely N-dealkylation sites (tertiary alicyclic amines) is 2. The smallest absolute Gasteiger partial charge is 0.119 e. The van der Waals surface area contributed by atoms with Crippen LogP contribution in [0.1, 0.15) is 75.3 Å². The first-order valence-electron chi connectivity index (χ1n) is 26.2. The van der Waals surface area contributed by atoms with Crippen molar-refractivity contribution in [2.24, 2.45) is 0 Å². The Bertz CT molecular complexity index is 2370. The number of para-hydroxylation sites is 2. The van der Waals surface area contributed by atoms with Crippen LogP contribution < -0.4 is 19.3 Å². The summed E-state index contributed by atoms with van der Waals surface area (Å²) in [6, 6.07) is 38.7. The van der Waals surface area contributed by atoms with Crippen LogP contribution in [0.4, 0.5) is 11.4 Å². The molecule has 0 bridgehead atoms. The molecule has 0 atom stereocenters. The van der Waals surface area contributed by atoms with Crippen molar-refractivity contribution in [2.75, 3.05) is 115 Å². The molecule has 6 heterocycles. The SMILES string of the molecule is c1ccc2c(N3CCN(Cc4ccc(OCCCN5CCCCCC5)cc4)CC3)ccnc2c1.c1ccc2ncc(N3CCN(Cc4ccc(OCCCN5CCCCCC5)cc4)CC3)cc2c1. The fraction of sp³-hybridized carbons (Fsp3) is 0.483. The van der Waals surface area contributed by atoms with Gasteiger partial charge in [-0.2, -0.15) is 0 Å². The molecule has 68 heavy (non-hydrogen) atoms. The third kappa shape index (κ3) is 14.2. The molecule has 10 heteroatoms. The van der Waals surface area contributed by atoms with E-state index in [4.69, 9.17) is 9.47 Å². The molecule has 0 unspecified atom stereocenters. The van der Waals surface area contributed by atoms with Crippen molar-refractivity contribution in [1.29, 1.82) is 0 Å². The van der Waals surface area contributed by atoms with Crippen LogP contribution in [0.2, 0.25) is 0 Å². The van der Waals surface area contributed by atoms with Gasteiger partial charge in [-0.1, -0.05) is 86.3 Å². The van der Waals surface area contributed by atoms with Gasteiger partial charge < -0.3 is 29.1 Å². The van der Waals surface area contributed by atoms with Crippen LogP contribution in [0.25, 0.3) is 21.8 Å². The summed E-state index contributed by atoms with van der Waals surface area (Å²) in [6.45, 7) is 19.5. The van der Waals surface area contributed by atoms with E-state index in [1.165, 1.54) is 124 Å². The Morgan fingerprint density at radius 3 is 1.49 bits per heavy atom. The van der Waals surface area contributed by atoms with Crippen LogP contribution >= 0.6 is 0 Å². The maximum atomic E-state index is 6.02. The molecule has 4 aliphatic rings. The number of fused-ring (bicyclic) bond motifs is 2. The Kier molecular flexibility index (Phi) is 17.8. The lowest BCUT2D eigenvalue weighted by Gasteiger charge is -2.36. The zero-order valence-corrected chi connectivity index (χ0v) is 40.7. The van der Waals surface area contributed by atoms with Gasteiger partial charge in [0.1, 0.15) is 11.5 Å². The lowest BCUT2D eigenvalue weighted by molar-refractivity contribution is 0.239. The predicted molar refractivity (Wildman–Crippen MR) is 281 cm³/mol. The number of ether oxygens (including phenoxy) is 2. The zero-order valence-electron chi connectivity index (χ0n) is 40.7. The van der Waals surface area contributed by atoms with Crippen LogP contribution in [0.5, 0.6) is 11.5 Å². The van der Waals surface area contributed by atoms with Crippen LogP contribution in [0, 0.1) is 0 Å². The number of anilines is 2. The highest BCUT2D eigenvalue weighted by Gasteiger charge is 2.20. The van der Waals surface area contributed by atoms with Crippen LogP contribution in [0.15, 0.2) is 122 Å². The monoisotopic (exact) mass is 917 g/mol. The molecule has 0 saturated carbocycles. The summed E-state index contributed by atoms with van der Waals surface area (Å²) >= 11 is 0. The maximum Gasteiger partial charge on any atom is 0.119 e. The second kappa shape index (κ2) is 25.4. The molecule has 4 fully saturated rings. The third-order valence-corrected chi connectivity index (χ3v) is 14.5. The normalized spacial score (nSPS) is 18.2. The fourth-order valence-corrected chi connectivity index (χ4v) is 10.5. The van der Waals surface area contributed by atoms with E-state index in [-0.39, 0.29) is 0 Å². The number of aromatic nitrogens is 2. The Balaban J connectivity index is 0.000000170. The van der Waals surface area contributed by atoms with E-state index in [1.54, 1.807) is 0 Å². The maximum absolute atomic E-state index is 6.02. The molecular formula is C58H76N8O2. The standard InChI is InChI=1S/2C29H38N4O/c1-2-6-17-31(16-5-1)18-7-23-34-26-12-10-25(11-13-26)24-32-19-21-33(22-20-32)29-14-15-30-28-9-4-3-8-27(28)29;1-2-6-15-31(14-5-1)16-7-21-34-28-12-10-25(11-13-28)24-32-17-19-33(20-18-32)27-22-26-8-3-4-9-29(26)30-23-27/h3-4,8-15H,1-2,5-7,16-24H2;3-4,8-13,22-23H,1-2,5-7,14-21,24H2. The molecule has 4 saturated heterocycles. The topological polar surface area (TPSA) is 63.7 Å². The average molecular weight is 917 g/mol. The minimum atomic E-state index is 0.807. The number of nitrogens with zero attached hydrogens (tertiary/aromatic N) is 8. The van der Waals surface area contributed by atoms with Gasteiger partial charge in [-0.25, -0.2) is 0 Å². The summed E-state index contributed by atoms with van der Waals surface area (Å²) in [7, 11) is 0. The Morgan fingerprint density at radius 1 is 0.426 bits per heavy atom. The van der Waals surface area contributed by atoms with E-state index in [0.29, 0.717) is 0 Å². The first-order valence-corrected chi connectivity index (χ1v) is 26.2. The molecule has 0 amide bonds. The summed E-state index contributed by atoms with van der Waals surface area (Å²) in [6.07, 6.45) is 17.2. The van der Waals surface area contributed by atoms with Gasteiger partial charge in [-0.3, -0.25) is 19.8 Å². The summed E-state index contributed by atoms with van der Waals surface area (Å²) in [5, 5.41) is 2.46. The van der Waals surface area contributed by atoms with Crippen LogP contribution in [-0.4, -0.2) is 134 Å². The van der Waals surface area contributed by atoms with E-state index in [1.807, 2.05) is 18.5 Å². The van der Waals surface area contributed by atoms with E-state index >= 15 is 0 Å². The molecule has 10 rings (SSSR count). The molecule has 0 radical (unpaired) electrons. The second-order valence-electron chi connectivity index (χ2n) is 19.5. The summed E-state index contributed by atoms with van der Waals surface area (Å²) in [5.74, 6) is 1.99. The molecular weight excluding hydrogens is 841 g/mol. The van der Waals surface area contributed by atoms with Crippen molar-refractivity contribution in [1.82, 2.24) is 29.6 Å². The highest BCUT2D eigenvalue weighted by molar-refractivity contribution is 5.91. The van der Waals surface area contributed by atoms with Gasteiger partial charge in [0.15, 0.2) is 0 Å². The van der Waals surface area contributed by atoms with E-state index in [0.717, 1.165) is 114 Å². The van der Waals surface area contributed by atoms with Gasteiger partial charge in [-0.05, 0) is 124 Å². The molecule has 0 spiro atoms. The third-order valence-electron chi connectivity index (χ3n) is 14.5. The largest absolute Gasteiger partial charge is 0.494 e. The fourth-order valence-electron chi connectivity index (χ4n) is 10.5. The van der Waals surface area contributed by atoms with Crippen molar-refractivity contribution >= 4 is 33.2 Å². The Labute approximate surface area is 406 Å². The highest BCUT2D eigenvalue weighted by Crippen LogP contribution is 2.27. The first-order chi connectivity index (χ1) is 33.7. The van der Waals surface area contributed by atoms with Gasteiger partial charge in [0.2, 0.25) is 0 Å². The number of rotatable bonds is 16. The lowest BCUT2D eigenvalue weighted by Crippen LogP contribution is -2.46. The van der Waals surface area contributed by atoms with Crippen molar-refractivity contribution < 1.29 is 9.47 Å². The molecule has 4 aromatic carbocycles. The molecule has 6 aromatic rings. The minimum Gasteiger partial charge on any atom is -0.494 e. The zero-order chi connectivity index (χ0) is 46.0. The average Bonchev–Trinajstić information content (AvgIpc) is 3.84. The first kappa shape index (κ1) is 47.8. The van der Waals surface area contributed by atoms with E-state index in [2.05, 4.69) is 142 Å². The quantitative estimate of drug-likeness (QED) is 0.0878. The van der Waals surface area contributed by atoms with E-state index in [9.17, 15) is 0 Å². The van der Waals surface area contributed by atoms with Crippen molar-refractivity contribution in [3.63, 3.8) is 0 Å². The van der Waals surface area contributed by atoms with Gasteiger partial charge in [0, 0.05) is 101 Å². The summed E-state index contributed by atoms with van der Waals surface area (Å²) in [4.78, 5) is 24.4. The molecule has 10 nitrogen and oxygen atoms in total. The molecule has 0 aliphatic carbocycles. The van der Waals surface area contributed by atoms with Crippen molar-refractivity contribution in [2.45, 2.75) is 77.3 Å². The van der Waals surface area contributed by atoms with Gasteiger partial charge >= 0.3 is 0 Å². The minimum absolute atomic E-state index is 0.807. The summed E-state index contributed by atoms with van der Waals surface area (Å²) in [5.41, 5.74) is 7.40. The van der Waals surface area contributed by atoms with Gasteiger partial charge in [0.05, 0.1) is 36.1 Å². The second-order valence-corrected chi connectivity index (χ2v) is 19.5. The van der Waals surface area contributed by atoms with Crippen molar-refractivity contribution in [3.05, 3.63) is 133 Å². The number of hydrogen-bond donors (Lipinski definition) is 0. The van der Waals surface area contributed by atoms with Crippen molar-refractivity contribution in [3.8, 4) is 11.5 Å². The number of piperazine rings is 2. The molecule has 0 N–H and O–H groups in total. The Morgan fingerprint density at radius 2 is 0.926 bits per heavy atom. The predicted octanol–water partition coefficient (Wildman–Crippen LogP) is 10.4. The Hall–Kier alpha value is -5.26.